The number of pyridine rings is 1. The molecule has 1 unspecified atom stereocenters. The molecule has 11 heteroatoms. The highest BCUT2D eigenvalue weighted by Crippen LogP contribution is 2.31. The van der Waals surface area contributed by atoms with E-state index in [1.807, 2.05) is 24.3 Å². The van der Waals surface area contributed by atoms with E-state index in [-0.39, 0.29) is 18.6 Å². The van der Waals surface area contributed by atoms with Crippen molar-refractivity contribution in [3.05, 3.63) is 78.4 Å². The van der Waals surface area contributed by atoms with Crippen LogP contribution in [0.1, 0.15) is 12.1 Å². The third kappa shape index (κ3) is 5.33. The van der Waals surface area contributed by atoms with Gasteiger partial charge in [0.2, 0.25) is 5.91 Å². The van der Waals surface area contributed by atoms with Gasteiger partial charge in [0.25, 0.3) is 0 Å². The molecule has 5 rings (SSSR count). The third-order valence-corrected chi connectivity index (χ3v) is 6.00. The molecule has 1 aliphatic rings. The predicted octanol–water partition coefficient (Wildman–Crippen LogP) is 3.99. The molecule has 182 valence electrons. The zero-order valence-electron chi connectivity index (χ0n) is 19.3. The molecule has 2 N–H and O–H groups in total. The molecule has 1 atom stereocenters. The van der Waals surface area contributed by atoms with Crippen molar-refractivity contribution in [1.29, 1.82) is 0 Å². The minimum Gasteiger partial charge on any atom is -0.486 e. The molecule has 10 nitrogen and oxygen atoms in total. The Hall–Kier alpha value is -4.31. The van der Waals surface area contributed by atoms with Crippen LogP contribution in [-0.2, 0) is 11.4 Å². The summed E-state index contributed by atoms with van der Waals surface area (Å²) in [5.41, 5.74) is 2.74. The van der Waals surface area contributed by atoms with Crippen molar-refractivity contribution >= 4 is 45.9 Å². The lowest BCUT2D eigenvalue weighted by molar-refractivity contribution is -0.125. The summed E-state index contributed by atoms with van der Waals surface area (Å²) in [5.74, 6) is 1.70. The highest BCUT2D eigenvalue weighted by atomic mass is 35.5. The Morgan fingerprint density at radius 3 is 2.97 bits per heavy atom. The molecule has 1 saturated heterocycles. The summed E-state index contributed by atoms with van der Waals surface area (Å²) < 4.78 is 5.77. The molecular formula is C25H23ClN8O2. The molecule has 36 heavy (non-hydrogen) atoms. The summed E-state index contributed by atoms with van der Waals surface area (Å²) >= 11 is 6.45. The van der Waals surface area contributed by atoms with Gasteiger partial charge in [-0.25, -0.2) is 15.0 Å². The fourth-order valence-electron chi connectivity index (χ4n) is 3.92. The lowest BCUT2D eigenvalue weighted by atomic mass is 10.2. The van der Waals surface area contributed by atoms with E-state index in [0.29, 0.717) is 52.2 Å². The first-order chi connectivity index (χ1) is 17.6. The van der Waals surface area contributed by atoms with Crippen LogP contribution >= 0.6 is 11.6 Å². The Balaban J connectivity index is 1.30. The Morgan fingerprint density at radius 2 is 2.17 bits per heavy atom. The van der Waals surface area contributed by atoms with E-state index >= 15 is 0 Å². The lowest BCUT2D eigenvalue weighted by Crippen LogP contribution is -2.30. The van der Waals surface area contributed by atoms with Crippen LogP contribution in [0.5, 0.6) is 5.75 Å². The maximum absolute atomic E-state index is 11.9. The van der Waals surface area contributed by atoms with Crippen molar-refractivity contribution in [3.8, 4) is 5.75 Å². The Kier molecular flexibility index (Phi) is 6.85. The molecule has 1 fully saturated rings. The number of nitrogens with zero attached hydrogens (tertiary/aromatic N) is 6. The van der Waals surface area contributed by atoms with Crippen LogP contribution in [0.15, 0.2) is 67.6 Å². The zero-order valence-corrected chi connectivity index (χ0v) is 20.0. The second kappa shape index (κ2) is 10.5. The van der Waals surface area contributed by atoms with Crippen LogP contribution in [0.25, 0.3) is 11.0 Å². The first-order valence-corrected chi connectivity index (χ1v) is 11.7. The monoisotopic (exact) mass is 502 g/mol. The van der Waals surface area contributed by atoms with Crippen molar-refractivity contribution in [1.82, 2.24) is 30.0 Å². The standard InChI is InChI=1S/C25H23ClN8O2/c1-2-23(35)34-11-9-17(13-34)30-22-8-6-20-24(32-22)25(28-15-27-20)31-16-5-7-21(19(26)12-16)36-14-18-4-3-10-29-33-18/h2-8,10,12,15,17H,1,9,11,13-14H2,(H,30,32)(H,27,28,31). The quantitative estimate of drug-likeness (QED) is 0.345. The fraction of sp³-hybridized carbons (Fsp3) is 0.200. The van der Waals surface area contributed by atoms with Crippen LogP contribution in [0.2, 0.25) is 5.02 Å². The Bertz CT molecular complexity index is 1400. The number of anilines is 3. The van der Waals surface area contributed by atoms with E-state index in [0.717, 1.165) is 12.1 Å². The van der Waals surface area contributed by atoms with Crippen molar-refractivity contribution < 1.29 is 9.53 Å². The summed E-state index contributed by atoms with van der Waals surface area (Å²) in [6, 6.07) is 12.9. The van der Waals surface area contributed by atoms with Gasteiger partial charge in [-0.1, -0.05) is 18.2 Å². The second-order valence-corrected chi connectivity index (χ2v) is 8.59. The third-order valence-electron chi connectivity index (χ3n) is 5.71. The number of rotatable bonds is 8. The second-order valence-electron chi connectivity index (χ2n) is 8.18. The van der Waals surface area contributed by atoms with E-state index in [2.05, 4.69) is 37.4 Å². The SMILES string of the molecule is C=CC(=O)N1CCC(Nc2ccc3ncnc(Nc4ccc(OCc5cccnn5)c(Cl)c4)c3n2)C1. The van der Waals surface area contributed by atoms with E-state index < -0.39 is 0 Å². The highest BCUT2D eigenvalue weighted by molar-refractivity contribution is 6.32. The van der Waals surface area contributed by atoms with Crippen molar-refractivity contribution in [2.45, 2.75) is 19.1 Å². The summed E-state index contributed by atoms with van der Waals surface area (Å²) in [7, 11) is 0. The largest absolute Gasteiger partial charge is 0.486 e. The first kappa shape index (κ1) is 23.4. The van der Waals surface area contributed by atoms with Gasteiger partial charge >= 0.3 is 0 Å². The van der Waals surface area contributed by atoms with Crippen molar-refractivity contribution in [2.24, 2.45) is 0 Å². The normalized spacial score (nSPS) is 15.0. The first-order valence-electron chi connectivity index (χ1n) is 11.3. The molecular weight excluding hydrogens is 480 g/mol. The molecule has 1 amide bonds. The molecule has 0 aliphatic carbocycles. The maximum atomic E-state index is 11.9. The molecule has 4 heterocycles. The number of carbonyl (C=O) groups is 1. The van der Waals surface area contributed by atoms with E-state index in [4.69, 9.17) is 21.3 Å². The predicted molar refractivity (Wildman–Crippen MR) is 137 cm³/mol. The Labute approximate surface area is 212 Å². The van der Waals surface area contributed by atoms with Gasteiger partial charge in [0.1, 0.15) is 35.7 Å². The number of benzene rings is 1. The minimum absolute atomic E-state index is 0.0607. The molecule has 1 aromatic carbocycles. The van der Waals surface area contributed by atoms with Gasteiger partial charge in [0, 0.05) is 31.0 Å². The van der Waals surface area contributed by atoms with E-state index in [9.17, 15) is 4.79 Å². The van der Waals surface area contributed by atoms with E-state index in [1.54, 1.807) is 29.3 Å². The summed E-state index contributed by atoms with van der Waals surface area (Å²) in [4.78, 5) is 27.1. The van der Waals surface area contributed by atoms with Crippen LogP contribution in [0, 0.1) is 0 Å². The number of nitrogens with one attached hydrogen (secondary N) is 2. The molecule has 4 aromatic rings. The van der Waals surface area contributed by atoms with Crippen LogP contribution in [0.4, 0.5) is 17.3 Å². The number of amides is 1. The molecule has 0 saturated carbocycles. The van der Waals surface area contributed by atoms with Gasteiger partial charge in [-0.2, -0.15) is 10.2 Å². The van der Waals surface area contributed by atoms with Crippen molar-refractivity contribution in [2.75, 3.05) is 23.7 Å². The smallest absolute Gasteiger partial charge is 0.246 e. The number of likely N-dealkylation sites (tertiary alicyclic amines) is 1. The Morgan fingerprint density at radius 1 is 1.25 bits per heavy atom. The topological polar surface area (TPSA) is 118 Å². The van der Waals surface area contributed by atoms with E-state index in [1.165, 1.54) is 12.4 Å². The summed E-state index contributed by atoms with van der Waals surface area (Å²) in [6.07, 6.45) is 5.26. The summed E-state index contributed by atoms with van der Waals surface area (Å²) in [5, 5.41) is 15.0. The highest BCUT2D eigenvalue weighted by Gasteiger charge is 2.25. The van der Waals surface area contributed by atoms with Crippen LogP contribution in [0.3, 0.4) is 0 Å². The van der Waals surface area contributed by atoms with Gasteiger partial charge < -0.3 is 20.3 Å². The molecule has 0 radical (unpaired) electrons. The number of aromatic nitrogens is 5. The van der Waals surface area contributed by atoms with Crippen molar-refractivity contribution in [3.63, 3.8) is 0 Å². The van der Waals surface area contributed by atoms with Gasteiger partial charge in [-0.15, -0.1) is 0 Å². The number of ether oxygens (including phenoxy) is 1. The average Bonchev–Trinajstić information content (AvgIpc) is 3.37. The van der Waals surface area contributed by atoms with Gasteiger partial charge in [-0.3, -0.25) is 4.79 Å². The number of hydrogen-bond acceptors (Lipinski definition) is 9. The fourth-order valence-corrected chi connectivity index (χ4v) is 4.16. The number of carbonyl (C=O) groups excluding carboxylic acids is 1. The number of fused-ring (bicyclic) bond motifs is 1. The maximum Gasteiger partial charge on any atom is 0.246 e. The summed E-state index contributed by atoms with van der Waals surface area (Å²) in [6.45, 7) is 5.11. The average molecular weight is 503 g/mol. The molecule has 0 bridgehead atoms. The van der Waals surface area contributed by atoms with Gasteiger partial charge in [0.05, 0.1) is 10.5 Å². The number of hydrogen-bond donors (Lipinski definition) is 2. The minimum atomic E-state index is -0.0607. The molecule has 1 aliphatic heterocycles. The lowest BCUT2D eigenvalue weighted by Gasteiger charge is -2.16. The van der Waals surface area contributed by atoms with Gasteiger partial charge in [0.15, 0.2) is 5.82 Å². The zero-order chi connectivity index (χ0) is 24.9. The molecule has 0 spiro atoms. The molecule has 3 aromatic heterocycles. The number of halogens is 1. The van der Waals surface area contributed by atoms with Crippen LogP contribution < -0.4 is 15.4 Å². The van der Waals surface area contributed by atoms with Gasteiger partial charge in [-0.05, 0) is 55.0 Å². The van der Waals surface area contributed by atoms with Crippen LogP contribution in [-0.4, -0.2) is 55.1 Å².